The Morgan fingerprint density at radius 1 is 1.19 bits per heavy atom. The van der Waals surface area contributed by atoms with Crippen molar-refractivity contribution >= 4 is 17.3 Å². The number of nitrogens with zero attached hydrogens (tertiary/aromatic N) is 1. The summed E-state index contributed by atoms with van der Waals surface area (Å²) in [7, 11) is 1.52. The van der Waals surface area contributed by atoms with Gasteiger partial charge in [0.15, 0.2) is 5.78 Å². The summed E-state index contributed by atoms with van der Waals surface area (Å²) in [6.07, 6.45) is 0. The van der Waals surface area contributed by atoms with E-state index >= 15 is 0 Å². The van der Waals surface area contributed by atoms with E-state index in [0.29, 0.717) is 5.70 Å². The van der Waals surface area contributed by atoms with Gasteiger partial charge in [0.2, 0.25) is 0 Å². The average Bonchev–Trinajstić information content (AvgIpc) is 2.29. The molecule has 0 saturated carbocycles. The van der Waals surface area contributed by atoms with Gasteiger partial charge in [-0.1, -0.05) is 30.3 Å². The fraction of sp³-hybridized carbons (Fsp3) is 0.167. The van der Waals surface area contributed by atoms with Gasteiger partial charge in [0.25, 0.3) is 0 Å². The maximum Gasteiger partial charge on any atom is 0.165 e. The second-order valence-corrected chi connectivity index (χ2v) is 3.32. The first kappa shape index (κ1) is 12.0. The Hall–Kier alpha value is -2.10. The van der Waals surface area contributed by atoms with Crippen LogP contribution in [0.15, 0.2) is 40.9 Å². The number of carbonyl (C=O) groups excluding carboxylic acids is 1. The van der Waals surface area contributed by atoms with Crippen LogP contribution in [0.3, 0.4) is 0 Å². The number of rotatable bonds is 3. The van der Waals surface area contributed by atoms with E-state index in [1.807, 2.05) is 30.3 Å². The van der Waals surface area contributed by atoms with Crippen LogP contribution in [0.1, 0.15) is 12.5 Å². The molecule has 0 spiro atoms. The molecule has 0 aliphatic rings. The van der Waals surface area contributed by atoms with Crippen molar-refractivity contribution in [3.05, 3.63) is 41.5 Å². The molecule has 0 amide bonds. The molecule has 1 aromatic rings. The molecule has 0 unspecified atom stereocenters. The van der Waals surface area contributed by atoms with Crippen LogP contribution < -0.4 is 11.5 Å². The largest absolute Gasteiger partial charge is 0.398 e. The molecule has 16 heavy (non-hydrogen) atoms. The Labute approximate surface area is 94.7 Å². The van der Waals surface area contributed by atoms with Crippen LogP contribution in [-0.2, 0) is 4.79 Å². The van der Waals surface area contributed by atoms with E-state index in [4.69, 9.17) is 11.5 Å². The van der Waals surface area contributed by atoms with Gasteiger partial charge in [0.05, 0.1) is 11.3 Å². The van der Waals surface area contributed by atoms with Gasteiger partial charge in [0.1, 0.15) is 5.84 Å². The Bertz CT molecular complexity index is 447. The maximum atomic E-state index is 11.5. The summed E-state index contributed by atoms with van der Waals surface area (Å²) in [5.74, 6) is -0.0293. The number of nitrogens with two attached hydrogens (primary N) is 2. The highest BCUT2D eigenvalue weighted by Gasteiger charge is 2.14. The zero-order valence-corrected chi connectivity index (χ0v) is 9.40. The third-order valence-corrected chi connectivity index (χ3v) is 2.20. The number of carbonyl (C=O) groups is 1. The van der Waals surface area contributed by atoms with Gasteiger partial charge in [-0.3, -0.25) is 9.79 Å². The van der Waals surface area contributed by atoms with Crippen LogP contribution >= 0.6 is 0 Å². The van der Waals surface area contributed by atoms with Crippen LogP contribution in [0.4, 0.5) is 0 Å². The van der Waals surface area contributed by atoms with E-state index in [0.717, 1.165) is 5.56 Å². The van der Waals surface area contributed by atoms with Crippen molar-refractivity contribution in [3.8, 4) is 0 Å². The van der Waals surface area contributed by atoms with E-state index in [1.165, 1.54) is 14.0 Å². The van der Waals surface area contributed by atoms with Crippen LogP contribution in [0.25, 0.3) is 5.70 Å². The molecule has 1 rings (SSSR count). The van der Waals surface area contributed by atoms with Gasteiger partial charge in [-0.05, 0) is 12.5 Å². The lowest BCUT2D eigenvalue weighted by Crippen LogP contribution is -2.23. The van der Waals surface area contributed by atoms with Gasteiger partial charge in [0, 0.05) is 7.05 Å². The van der Waals surface area contributed by atoms with E-state index in [9.17, 15) is 4.79 Å². The van der Waals surface area contributed by atoms with Gasteiger partial charge >= 0.3 is 0 Å². The van der Waals surface area contributed by atoms with Crippen molar-refractivity contribution in [2.45, 2.75) is 6.92 Å². The van der Waals surface area contributed by atoms with Gasteiger partial charge in [-0.15, -0.1) is 0 Å². The van der Waals surface area contributed by atoms with Gasteiger partial charge in [-0.2, -0.15) is 0 Å². The number of Topliss-reactive ketones (excluding diaryl/α,β-unsaturated/α-hetero) is 1. The zero-order chi connectivity index (χ0) is 12.1. The number of benzene rings is 1. The minimum atomic E-state index is -0.190. The van der Waals surface area contributed by atoms with E-state index < -0.39 is 0 Å². The predicted molar refractivity (Wildman–Crippen MR) is 65.8 cm³/mol. The fourth-order valence-electron chi connectivity index (χ4n) is 1.38. The molecule has 0 saturated heterocycles. The van der Waals surface area contributed by atoms with Crippen molar-refractivity contribution in [2.24, 2.45) is 16.5 Å². The lowest BCUT2D eigenvalue weighted by atomic mass is 10.0. The molecule has 84 valence electrons. The third kappa shape index (κ3) is 2.48. The molecular formula is C12H15N3O. The highest BCUT2D eigenvalue weighted by Crippen LogP contribution is 2.14. The smallest absolute Gasteiger partial charge is 0.165 e. The molecule has 0 aromatic heterocycles. The molecule has 4 heteroatoms. The van der Waals surface area contributed by atoms with Crippen molar-refractivity contribution in [1.82, 2.24) is 0 Å². The van der Waals surface area contributed by atoms with Gasteiger partial charge < -0.3 is 11.5 Å². The topological polar surface area (TPSA) is 81.5 Å². The lowest BCUT2D eigenvalue weighted by molar-refractivity contribution is -0.113. The number of ketones is 1. The molecule has 1 aromatic carbocycles. The highest BCUT2D eigenvalue weighted by molar-refractivity contribution is 6.24. The summed E-state index contributed by atoms with van der Waals surface area (Å²) < 4.78 is 0. The Balaban J connectivity index is 3.34. The first-order valence-corrected chi connectivity index (χ1v) is 4.86. The van der Waals surface area contributed by atoms with Crippen LogP contribution in [0, 0.1) is 0 Å². The van der Waals surface area contributed by atoms with Crippen molar-refractivity contribution in [3.63, 3.8) is 0 Å². The monoisotopic (exact) mass is 217 g/mol. The highest BCUT2D eigenvalue weighted by atomic mass is 16.1. The Morgan fingerprint density at radius 2 is 1.75 bits per heavy atom. The first-order valence-electron chi connectivity index (χ1n) is 4.86. The molecule has 0 aliphatic carbocycles. The Morgan fingerprint density at radius 3 is 2.19 bits per heavy atom. The number of hydrogen-bond acceptors (Lipinski definition) is 3. The summed E-state index contributed by atoms with van der Waals surface area (Å²) in [6, 6.07) is 9.21. The number of hydrogen-bond donors (Lipinski definition) is 2. The predicted octanol–water partition coefficient (Wildman–Crippen LogP) is 0.932. The molecule has 0 aliphatic heterocycles. The zero-order valence-electron chi connectivity index (χ0n) is 9.40. The van der Waals surface area contributed by atoms with Crippen LogP contribution in [-0.4, -0.2) is 18.7 Å². The normalized spacial score (nSPS) is 13.2. The molecule has 0 bridgehead atoms. The summed E-state index contributed by atoms with van der Waals surface area (Å²) in [5.41, 5.74) is 13.0. The molecule has 4 nitrogen and oxygen atoms in total. The molecule has 0 fully saturated rings. The summed E-state index contributed by atoms with van der Waals surface area (Å²) in [6.45, 7) is 1.42. The molecule has 0 heterocycles. The molecule has 0 atom stereocenters. The van der Waals surface area contributed by atoms with Crippen molar-refractivity contribution in [1.29, 1.82) is 0 Å². The Kier molecular flexibility index (Phi) is 3.83. The van der Waals surface area contributed by atoms with Crippen LogP contribution in [0.5, 0.6) is 0 Å². The van der Waals surface area contributed by atoms with E-state index in [1.54, 1.807) is 0 Å². The molecule has 0 radical (unpaired) electrons. The van der Waals surface area contributed by atoms with E-state index in [-0.39, 0.29) is 17.2 Å². The third-order valence-electron chi connectivity index (χ3n) is 2.20. The SMILES string of the molecule is CN=C(N)C(C(C)=O)=C(N)c1ccccc1. The molecular weight excluding hydrogens is 202 g/mol. The van der Waals surface area contributed by atoms with Crippen molar-refractivity contribution < 1.29 is 4.79 Å². The lowest BCUT2D eigenvalue weighted by Gasteiger charge is -2.08. The number of aliphatic imine (C=N–C) groups is 1. The second kappa shape index (κ2) is 5.11. The summed E-state index contributed by atoms with van der Waals surface area (Å²) in [5, 5.41) is 0. The fourth-order valence-corrected chi connectivity index (χ4v) is 1.38. The average molecular weight is 217 g/mol. The van der Waals surface area contributed by atoms with E-state index in [2.05, 4.69) is 4.99 Å². The van der Waals surface area contributed by atoms with Crippen molar-refractivity contribution in [2.75, 3.05) is 7.05 Å². The number of amidine groups is 1. The first-order chi connectivity index (χ1) is 7.57. The second-order valence-electron chi connectivity index (χ2n) is 3.32. The summed E-state index contributed by atoms with van der Waals surface area (Å²) in [4.78, 5) is 15.3. The van der Waals surface area contributed by atoms with Gasteiger partial charge in [-0.25, -0.2) is 0 Å². The summed E-state index contributed by atoms with van der Waals surface area (Å²) >= 11 is 0. The molecule has 4 N–H and O–H groups in total. The standard InChI is InChI=1S/C12H15N3O/c1-8(16)10(12(14)15-2)11(13)9-6-4-3-5-7-9/h3-7H,13H2,1-2H3,(H2,14,15). The van der Waals surface area contributed by atoms with Crippen LogP contribution in [0.2, 0.25) is 0 Å². The maximum absolute atomic E-state index is 11.5. The minimum Gasteiger partial charge on any atom is -0.398 e. The quantitative estimate of drug-likeness (QED) is 0.449. The minimum absolute atomic E-state index is 0.161.